The Kier molecular flexibility index (Phi) is 3.33. The van der Waals surface area contributed by atoms with Crippen LogP contribution in [-0.2, 0) is 11.2 Å². The standard InChI is InChI=1S/C11H13N3O2S/c1-3-8-7(4-6(17-2)5-12-8)9-10(15)14-11(16)13-9/h4-5,9H,3H2,1-2H3,(H2,13,14,15,16). The van der Waals surface area contributed by atoms with E-state index >= 15 is 0 Å². The number of aromatic nitrogens is 1. The molecule has 2 heterocycles. The van der Waals surface area contributed by atoms with Gasteiger partial charge in [0, 0.05) is 22.3 Å². The molecule has 3 amide bonds. The van der Waals surface area contributed by atoms with Crippen molar-refractivity contribution in [2.45, 2.75) is 24.3 Å². The van der Waals surface area contributed by atoms with Crippen LogP contribution in [0, 0.1) is 0 Å². The third kappa shape index (κ3) is 2.26. The number of hydrogen-bond donors (Lipinski definition) is 2. The Balaban J connectivity index is 2.42. The highest BCUT2D eigenvalue weighted by Gasteiger charge is 2.32. The van der Waals surface area contributed by atoms with Gasteiger partial charge in [0.15, 0.2) is 0 Å². The topological polar surface area (TPSA) is 71.1 Å². The predicted octanol–water partition coefficient (Wildman–Crippen LogP) is 1.25. The summed E-state index contributed by atoms with van der Waals surface area (Å²) in [7, 11) is 0. The number of aryl methyl sites for hydroxylation is 1. The molecule has 1 aromatic heterocycles. The van der Waals surface area contributed by atoms with Crippen molar-refractivity contribution in [1.29, 1.82) is 0 Å². The first kappa shape index (κ1) is 11.9. The van der Waals surface area contributed by atoms with Gasteiger partial charge in [-0.15, -0.1) is 11.8 Å². The van der Waals surface area contributed by atoms with Crippen LogP contribution in [0.2, 0.25) is 0 Å². The zero-order chi connectivity index (χ0) is 12.4. The lowest BCUT2D eigenvalue weighted by Gasteiger charge is -2.12. The van der Waals surface area contributed by atoms with E-state index in [1.807, 2.05) is 19.2 Å². The molecule has 0 saturated carbocycles. The number of carbonyl (C=O) groups is 2. The molecule has 90 valence electrons. The number of imide groups is 1. The van der Waals surface area contributed by atoms with E-state index in [0.29, 0.717) is 0 Å². The predicted molar refractivity (Wildman–Crippen MR) is 64.8 cm³/mol. The molecule has 1 saturated heterocycles. The number of nitrogens with zero attached hydrogens (tertiary/aromatic N) is 1. The second-order valence-electron chi connectivity index (χ2n) is 3.66. The van der Waals surface area contributed by atoms with Crippen LogP contribution in [0.25, 0.3) is 0 Å². The van der Waals surface area contributed by atoms with Crippen molar-refractivity contribution in [2.75, 3.05) is 6.26 Å². The van der Waals surface area contributed by atoms with E-state index in [2.05, 4.69) is 15.6 Å². The van der Waals surface area contributed by atoms with Crippen LogP contribution >= 0.6 is 11.8 Å². The van der Waals surface area contributed by atoms with Gasteiger partial charge in [-0.2, -0.15) is 0 Å². The Morgan fingerprint density at radius 2 is 2.24 bits per heavy atom. The van der Waals surface area contributed by atoms with E-state index < -0.39 is 12.1 Å². The molecule has 0 bridgehead atoms. The summed E-state index contributed by atoms with van der Waals surface area (Å²) in [5.74, 6) is -0.315. The van der Waals surface area contributed by atoms with Crippen molar-refractivity contribution in [3.05, 3.63) is 23.5 Å². The number of nitrogens with one attached hydrogen (secondary N) is 2. The molecule has 1 fully saturated rings. The molecule has 0 aliphatic carbocycles. The Labute approximate surface area is 103 Å². The largest absolute Gasteiger partial charge is 0.322 e. The number of pyridine rings is 1. The summed E-state index contributed by atoms with van der Waals surface area (Å²) in [5.41, 5.74) is 1.62. The lowest BCUT2D eigenvalue weighted by Crippen LogP contribution is -2.22. The van der Waals surface area contributed by atoms with Gasteiger partial charge < -0.3 is 5.32 Å². The normalized spacial score (nSPS) is 19.1. The maximum absolute atomic E-state index is 11.6. The molecule has 5 nitrogen and oxygen atoms in total. The van der Waals surface area contributed by atoms with Gasteiger partial charge in [0.25, 0.3) is 5.91 Å². The van der Waals surface area contributed by atoms with Crippen LogP contribution < -0.4 is 10.6 Å². The van der Waals surface area contributed by atoms with E-state index in [1.165, 1.54) is 0 Å². The summed E-state index contributed by atoms with van der Waals surface area (Å²) in [6.45, 7) is 1.97. The van der Waals surface area contributed by atoms with Crippen LogP contribution in [0.4, 0.5) is 4.79 Å². The van der Waals surface area contributed by atoms with Gasteiger partial charge >= 0.3 is 6.03 Å². The lowest BCUT2D eigenvalue weighted by molar-refractivity contribution is -0.120. The lowest BCUT2D eigenvalue weighted by atomic mass is 10.0. The summed E-state index contributed by atoms with van der Waals surface area (Å²) in [4.78, 5) is 28.0. The molecule has 1 unspecified atom stereocenters. The van der Waals surface area contributed by atoms with Crippen molar-refractivity contribution in [1.82, 2.24) is 15.6 Å². The van der Waals surface area contributed by atoms with Crippen molar-refractivity contribution >= 4 is 23.7 Å². The highest BCUT2D eigenvalue weighted by Crippen LogP contribution is 2.24. The molecule has 1 aromatic rings. The minimum Gasteiger partial charge on any atom is -0.322 e. The Hall–Kier alpha value is -1.56. The van der Waals surface area contributed by atoms with Gasteiger partial charge in [-0.25, -0.2) is 4.79 Å². The summed E-state index contributed by atoms with van der Waals surface area (Å²) in [6, 6.07) is 0.848. The average molecular weight is 251 g/mol. The molecular formula is C11H13N3O2S. The van der Waals surface area contributed by atoms with E-state index in [-0.39, 0.29) is 5.91 Å². The SMILES string of the molecule is CCc1ncc(SC)cc1C1NC(=O)NC1=O. The number of urea groups is 1. The fourth-order valence-corrected chi connectivity index (χ4v) is 2.19. The number of thioether (sulfide) groups is 1. The second kappa shape index (κ2) is 4.75. The summed E-state index contributed by atoms with van der Waals surface area (Å²) >= 11 is 1.56. The molecule has 1 atom stereocenters. The van der Waals surface area contributed by atoms with Crippen LogP contribution in [0.3, 0.4) is 0 Å². The fraction of sp³-hybridized carbons (Fsp3) is 0.364. The van der Waals surface area contributed by atoms with E-state index in [0.717, 1.165) is 22.6 Å². The average Bonchev–Trinajstić information content (AvgIpc) is 2.67. The number of carbonyl (C=O) groups excluding carboxylic acids is 2. The van der Waals surface area contributed by atoms with Gasteiger partial charge in [0.1, 0.15) is 6.04 Å². The third-order valence-corrected chi connectivity index (χ3v) is 3.33. The van der Waals surface area contributed by atoms with Gasteiger partial charge in [-0.3, -0.25) is 15.1 Å². The third-order valence-electron chi connectivity index (χ3n) is 2.63. The van der Waals surface area contributed by atoms with Gasteiger partial charge in [0.05, 0.1) is 0 Å². The van der Waals surface area contributed by atoms with E-state index in [4.69, 9.17) is 0 Å². The number of amides is 3. The van der Waals surface area contributed by atoms with Crippen molar-refractivity contribution < 1.29 is 9.59 Å². The highest BCUT2D eigenvalue weighted by atomic mass is 32.2. The molecule has 0 radical (unpaired) electrons. The smallest absolute Gasteiger partial charge is 0.322 e. The fourth-order valence-electron chi connectivity index (χ4n) is 1.78. The van der Waals surface area contributed by atoms with Crippen LogP contribution in [0.1, 0.15) is 24.2 Å². The first-order valence-corrected chi connectivity index (χ1v) is 6.52. The van der Waals surface area contributed by atoms with E-state index in [1.54, 1.807) is 18.0 Å². The Morgan fingerprint density at radius 3 is 2.76 bits per heavy atom. The maximum Gasteiger partial charge on any atom is 0.322 e. The molecule has 1 aliphatic rings. The molecule has 6 heteroatoms. The first-order chi connectivity index (χ1) is 8.15. The zero-order valence-corrected chi connectivity index (χ0v) is 10.4. The van der Waals surface area contributed by atoms with Crippen LogP contribution in [-0.4, -0.2) is 23.2 Å². The summed E-state index contributed by atoms with van der Waals surface area (Å²) < 4.78 is 0. The van der Waals surface area contributed by atoms with E-state index in [9.17, 15) is 9.59 Å². The minimum atomic E-state index is -0.614. The zero-order valence-electron chi connectivity index (χ0n) is 9.61. The molecular weight excluding hydrogens is 238 g/mol. The van der Waals surface area contributed by atoms with Crippen LogP contribution in [0.15, 0.2) is 17.2 Å². The van der Waals surface area contributed by atoms with Crippen molar-refractivity contribution in [3.63, 3.8) is 0 Å². The highest BCUT2D eigenvalue weighted by molar-refractivity contribution is 7.98. The second-order valence-corrected chi connectivity index (χ2v) is 4.54. The summed E-state index contributed by atoms with van der Waals surface area (Å²) in [5, 5.41) is 4.83. The van der Waals surface area contributed by atoms with Gasteiger partial charge in [0.2, 0.25) is 0 Å². The van der Waals surface area contributed by atoms with Crippen LogP contribution in [0.5, 0.6) is 0 Å². The molecule has 2 rings (SSSR count). The van der Waals surface area contributed by atoms with Crippen molar-refractivity contribution in [3.8, 4) is 0 Å². The molecule has 2 N–H and O–H groups in total. The maximum atomic E-state index is 11.6. The molecule has 1 aliphatic heterocycles. The molecule has 0 spiro atoms. The Bertz CT molecular complexity index is 476. The van der Waals surface area contributed by atoms with Gasteiger partial charge in [-0.05, 0) is 18.7 Å². The number of rotatable bonds is 3. The minimum absolute atomic E-state index is 0.315. The van der Waals surface area contributed by atoms with Crippen molar-refractivity contribution in [2.24, 2.45) is 0 Å². The molecule has 17 heavy (non-hydrogen) atoms. The van der Waals surface area contributed by atoms with Gasteiger partial charge in [-0.1, -0.05) is 6.92 Å². The molecule has 0 aromatic carbocycles. The monoisotopic (exact) mass is 251 g/mol. The Morgan fingerprint density at radius 1 is 1.47 bits per heavy atom. The number of hydrogen-bond acceptors (Lipinski definition) is 4. The quantitative estimate of drug-likeness (QED) is 0.626. The first-order valence-electron chi connectivity index (χ1n) is 5.30. The summed E-state index contributed by atoms with van der Waals surface area (Å²) in [6.07, 6.45) is 4.45.